The van der Waals surface area contributed by atoms with Crippen molar-refractivity contribution in [3.8, 4) is 5.75 Å². The molecule has 0 saturated heterocycles. The van der Waals surface area contributed by atoms with Crippen LogP contribution in [0.25, 0.3) is 10.9 Å². The first-order valence-electron chi connectivity index (χ1n) is 5.68. The molecule has 0 aliphatic carbocycles. The molecule has 2 rings (SSSR count). The Morgan fingerprint density at radius 1 is 1.29 bits per heavy atom. The molecule has 0 aliphatic heterocycles. The van der Waals surface area contributed by atoms with Crippen LogP contribution >= 0.6 is 0 Å². The van der Waals surface area contributed by atoms with E-state index in [1.165, 1.54) is 0 Å². The maximum absolute atomic E-state index is 11.5. The summed E-state index contributed by atoms with van der Waals surface area (Å²) in [5.41, 5.74) is 0.798. The molecule has 0 amide bonds. The predicted octanol–water partition coefficient (Wildman–Crippen LogP) is 2.84. The molecule has 17 heavy (non-hydrogen) atoms. The van der Waals surface area contributed by atoms with Crippen molar-refractivity contribution in [3.63, 3.8) is 0 Å². The van der Waals surface area contributed by atoms with E-state index in [1.807, 2.05) is 44.2 Å². The highest BCUT2D eigenvalue weighted by atomic mass is 16.5. The summed E-state index contributed by atoms with van der Waals surface area (Å²) in [5, 5.41) is 1.02. The molecule has 0 aliphatic rings. The van der Waals surface area contributed by atoms with Gasteiger partial charge in [-0.25, -0.2) is 0 Å². The van der Waals surface area contributed by atoms with Crippen molar-refractivity contribution in [1.82, 2.24) is 4.98 Å². The molecule has 2 aromatic rings. The fraction of sp³-hybridized carbons (Fsp3) is 0.286. The Morgan fingerprint density at radius 3 is 2.82 bits per heavy atom. The molecule has 0 N–H and O–H groups in total. The van der Waals surface area contributed by atoms with Crippen LogP contribution in [0.1, 0.15) is 13.8 Å². The Bertz CT molecular complexity index is 529. The minimum atomic E-state index is -0.00191. The van der Waals surface area contributed by atoms with Gasteiger partial charge in [0.2, 0.25) is 0 Å². The topological polar surface area (TPSA) is 39.2 Å². The number of pyridine rings is 1. The molecule has 0 atom stereocenters. The molecule has 0 fully saturated rings. The summed E-state index contributed by atoms with van der Waals surface area (Å²) in [6.45, 7) is 3.84. The maximum atomic E-state index is 11.5. The number of ether oxygens (including phenoxy) is 1. The molecule has 0 bridgehead atoms. The minimum absolute atomic E-state index is 0.00191. The lowest BCUT2D eigenvalue weighted by Crippen LogP contribution is -2.16. The van der Waals surface area contributed by atoms with Crippen LogP contribution < -0.4 is 4.74 Å². The zero-order chi connectivity index (χ0) is 12.3. The number of fused-ring (bicyclic) bond motifs is 1. The third kappa shape index (κ3) is 2.61. The third-order valence-electron chi connectivity index (χ3n) is 2.61. The second-order valence-electron chi connectivity index (χ2n) is 4.24. The number of aromatic nitrogens is 1. The van der Waals surface area contributed by atoms with Gasteiger partial charge in [-0.15, -0.1) is 0 Å². The smallest absolute Gasteiger partial charge is 0.172 e. The second kappa shape index (κ2) is 4.95. The average Bonchev–Trinajstić information content (AvgIpc) is 2.35. The van der Waals surface area contributed by atoms with Crippen LogP contribution in [-0.2, 0) is 4.79 Å². The Labute approximate surface area is 100 Å². The molecule has 0 radical (unpaired) electrons. The summed E-state index contributed by atoms with van der Waals surface area (Å²) in [4.78, 5) is 15.8. The molecule has 1 aromatic carbocycles. The van der Waals surface area contributed by atoms with Crippen LogP contribution in [-0.4, -0.2) is 17.4 Å². The standard InChI is InChI=1S/C14H15NO2/c1-10(2)12(16)9-17-13-7-3-5-11-6-4-8-15-14(11)13/h3-8,10H,9H2,1-2H3. The molecule has 1 aromatic heterocycles. The highest BCUT2D eigenvalue weighted by molar-refractivity contribution is 5.85. The van der Waals surface area contributed by atoms with E-state index >= 15 is 0 Å². The van der Waals surface area contributed by atoms with Gasteiger partial charge in [0.1, 0.15) is 17.9 Å². The maximum Gasteiger partial charge on any atom is 0.172 e. The molecule has 1 heterocycles. The van der Waals surface area contributed by atoms with E-state index in [-0.39, 0.29) is 18.3 Å². The zero-order valence-corrected chi connectivity index (χ0v) is 10.0. The van der Waals surface area contributed by atoms with Gasteiger partial charge in [0, 0.05) is 17.5 Å². The van der Waals surface area contributed by atoms with Crippen molar-refractivity contribution in [3.05, 3.63) is 36.5 Å². The Morgan fingerprint density at radius 2 is 2.06 bits per heavy atom. The van der Waals surface area contributed by atoms with Gasteiger partial charge < -0.3 is 4.74 Å². The highest BCUT2D eigenvalue weighted by Crippen LogP contribution is 2.22. The van der Waals surface area contributed by atoms with E-state index in [4.69, 9.17) is 4.74 Å². The Balaban J connectivity index is 2.21. The quantitative estimate of drug-likeness (QED) is 0.809. The third-order valence-corrected chi connectivity index (χ3v) is 2.61. The van der Waals surface area contributed by atoms with Gasteiger partial charge in [0.05, 0.1) is 0 Å². The number of Topliss-reactive ketones (excluding diaryl/α,β-unsaturated/α-hetero) is 1. The summed E-state index contributed by atoms with van der Waals surface area (Å²) in [6.07, 6.45) is 1.72. The monoisotopic (exact) mass is 229 g/mol. The number of hydrogen-bond acceptors (Lipinski definition) is 3. The molecular formula is C14H15NO2. The van der Waals surface area contributed by atoms with E-state index in [9.17, 15) is 4.79 Å². The highest BCUT2D eigenvalue weighted by Gasteiger charge is 2.09. The number of benzene rings is 1. The lowest BCUT2D eigenvalue weighted by molar-refractivity contribution is -0.123. The zero-order valence-electron chi connectivity index (χ0n) is 10.0. The number of ketones is 1. The normalized spacial score (nSPS) is 10.8. The van der Waals surface area contributed by atoms with E-state index in [1.54, 1.807) is 6.20 Å². The Kier molecular flexibility index (Phi) is 3.38. The SMILES string of the molecule is CC(C)C(=O)COc1cccc2cccnc12. The molecule has 3 heteroatoms. The van der Waals surface area contributed by atoms with Gasteiger partial charge >= 0.3 is 0 Å². The average molecular weight is 229 g/mol. The van der Waals surface area contributed by atoms with E-state index < -0.39 is 0 Å². The summed E-state index contributed by atoms with van der Waals surface area (Å²) in [7, 11) is 0. The van der Waals surface area contributed by atoms with Crippen molar-refractivity contribution in [2.45, 2.75) is 13.8 Å². The van der Waals surface area contributed by atoms with Gasteiger partial charge in [0.25, 0.3) is 0 Å². The van der Waals surface area contributed by atoms with Crippen molar-refractivity contribution in [1.29, 1.82) is 0 Å². The number of carbonyl (C=O) groups is 1. The summed E-state index contributed by atoms with van der Waals surface area (Å²) >= 11 is 0. The molecular weight excluding hydrogens is 214 g/mol. The molecule has 0 saturated carbocycles. The first-order chi connectivity index (χ1) is 8.18. The van der Waals surface area contributed by atoms with Gasteiger partial charge in [-0.1, -0.05) is 32.0 Å². The summed E-state index contributed by atoms with van der Waals surface area (Å²) in [6, 6.07) is 9.56. The summed E-state index contributed by atoms with van der Waals surface area (Å²) in [5.74, 6) is 0.757. The van der Waals surface area contributed by atoms with Gasteiger partial charge in [-0.2, -0.15) is 0 Å². The second-order valence-corrected chi connectivity index (χ2v) is 4.24. The molecule has 3 nitrogen and oxygen atoms in total. The van der Waals surface area contributed by atoms with E-state index in [0.717, 1.165) is 10.9 Å². The lowest BCUT2D eigenvalue weighted by Gasteiger charge is -2.09. The van der Waals surface area contributed by atoms with Gasteiger partial charge in [0.15, 0.2) is 5.78 Å². The summed E-state index contributed by atoms with van der Waals surface area (Å²) < 4.78 is 5.53. The fourth-order valence-corrected chi connectivity index (χ4v) is 1.51. The largest absolute Gasteiger partial charge is 0.484 e. The first kappa shape index (κ1) is 11.6. The number of para-hydroxylation sites is 1. The molecule has 88 valence electrons. The van der Waals surface area contributed by atoms with E-state index in [2.05, 4.69) is 4.98 Å². The predicted molar refractivity (Wildman–Crippen MR) is 67.1 cm³/mol. The number of carbonyl (C=O) groups excluding carboxylic acids is 1. The Hall–Kier alpha value is -1.90. The van der Waals surface area contributed by atoms with Crippen LogP contribution in [0.5, 0.6) is 5.75 Å². The van der Waals surface area contributed by atoms with Gasteiger partial charge in [-0.3, -0.25) is 9.78 Å². The van der Waals surface area contributed by atoms with Crippen LogP contribution in [0.15, 0.2) is 36.5 Å². The van der Waals surface area contributed by atoms with Crippen molar-refractivity contribution in [2.24, 2.45) is 5.92 Å². The minimum Gasteiger partial charge on any atom is -0.484 e. The fourth-order valence-electron chi connectivity index (χ4n) is 1.51. The molecule has 0 spiro atoms. The van der Waals surface area contributed by atoms with E-state index in [0.29, 0.717) is 5.75 Å². The van der Waals surface area contributed by atoms with Crippen LogP contribution in [0.4, 0.5) is 0 Å². The number of nitrogens with zero attached hydrogens (tertiary/aromatic N) is 1. The van der Waals surface area contributed by atoms with Crippen molar-refractivity contribution < 1.29 is 9.53 Å². The number of rotatable bonds is 4. The van der Waals surface area contributed by atoms with Crippen LogP contribution in [0, 0.1) is 5.92 Å². The molecule has 0 unspecified atom stereocenters. The van der Waals surface area contributed by atoms with Crippen LogP contribution in [0.3, 0.4) is 0 Å². The lowest BCUT2D eigenvalue weighted by atomic mass is 10.1. The first-order valence-corrected chi connectivity index (χ1v) is 5.68. The number of hydrogen-bond donors (Lipinski definition) is 0. The van der Waals surface area contributed by atoms with Crippen molar-refractivity contribution in [2.75, 3.05) is 6.61 Å². The van der Waals surface area contributed by atoms with Gasteiger partial charge in [-0.05, 0) is 12.1 Å². The van der Waals surface area contributed by atoms with Crippen molar-refractivity contribution >= 4 is 16.7 Å². The van der Waals surface area contributed by atoms with Crippen LogP contribution in [0.2, 0.25) is 0 Å².